The summed E-state index contributed by atoms with van der Waals surface area (Å²) in [6.07, 6.45) is 3.80. The molecule has 1 N–H and O–H groups in total. The monoisotopic (exact) mass is 245 g/mol. The fourth-order valence-electron chi connectivity index (χ4n) is 1.66. The van der Waals surface area contributed by atoms with Crippen LogP contribution in [0.25, 0.3) is 0 Å². The first-order valence-electron chi connectivity index (χ1n) is 5.25. The predicted octanol–water partition coefficient (Wildman–Crippen LogP) is 1.65. The standard InChI is InChI=1S/C11H15NO3.ClH/c13-10(11-4-2-6-14-11)8-15-9-3-1-5-12-7-9;/h2,4,6,9,12H,1,3,5,7-8H2;1H/t9-;/m0./s1. The topological polar surface area (TPSA) is 51.5 Å². The SMILES string of the molecule is Cl.O=C(CO[C@H]1CCCNC1)c1ccco1. The van der Waals surface area contributed by atoms with Gasteiger partial charge in [0.05, 0.1) is 12.4 Å². The summed E-state index contributed by atoms with van der Waals surface area (Å²) in [6.45, 7) is 2.00. The minimum Gasteiger partial charge on any atom is -0.461 e. The van der Waals surface area contributed by atoms with Crippen LogP contribution < -0.4 is 5.32 Å². The molecule has 90 valence electrons. The Kier molecular flexibility index (Phi) is 5.52. The summed E-state index contributed by atoms with van der Waals surface area (Å²) < 4.78 is 10.5. The highest BCUT2D eigenvalue weighted by Crippen LogP contribution is 2.07. The van der Waals surface area contributed by atoms with E-state index in [0.717, 1.165) is 25.9 Å². The number of rotatable bonds is 4. The normalized spacial score (nSPS) is 20.1. The molecule has 1 fully saturated rings. The lowest BCUT2D eigenvalue weighted by Gasteiger charge is -2.22. The van der Waals surface area contributed by atoms with Crippen molar-refractivity contribution in [1.82, 2.24) is 5.32 Å². The fourth-order valence-corrected chi connectivity index (χ4v) is 1.66. The van der Waals surface area contributed by atoms with Crippen molar-refractivity contribution in [3.63, 3.8) is 0 Å². The van der Waals surface area contributed by atoms with Crippen LogP contribution in [0.15, 0.2) is 22.8 Å². The molecule has 1 saturated heterocycles. The molecule has 4 nitrogen and oxygen atoms in total. The maximum atomic E-state index is 11.5. The molecule has 0 amide bonds. The van der Waals surface area contributed by atoms with E-state index < -0.39 is 0 Å². The molecule has 0 bridgehead atoms. The van der Waals surface area contributed by atoms with Crippen LogP contribution in [0.5, 0.6) is 0 Å². The number of piperidine rings is 1. The second-order valence-electron chi connectivity index (χ2n) is 3.68. The maximum absolute atomic E-state index is 11.5. The molecule has 1 aliphatic heterocycles. The van der Waals surface area contributed by atoms with Gasteiger partial charge in [-0.3, -0.25) is 4.79 Å². The van der Waals surface area contributed by atoms with Crippen molar-refractivity contribution >= 4 is 18.2 Å². The largest absolute Gasteiger partial charge is 0.461 e. The minimum atomic E-state index is -0.0921. The van der Waals surface area contributed by atoms with E-state index in [1.807, 2.05) is 0 Å². The van der Waals surface area contributed by atoms with Crippen LogP contribution in [0.2, 0.25) is 0 Å². The number of ether oxygens (including phenoxy) is 1. The first kappa shape index (κ1) is 13.2. The van der Waals surface area contributed by atoms with E-state index in [4.69, 9.17) is 9.15 Å². The number of ketones is 1. The van der Waals surface area contributed by atoms with E-state index in [2.05, 4.69) is 5.32 Å². The molecular weight excluding hydrogens is 230 g/mol. The lowest BCUT2D eigenvalue weighted by Crippen LogP contribution is -2.36. The van der Waals surface area contributed by atoms with Crippen molar-refractivity contribution in [3.05, 3.63) is 24.2 Å². The van der Waals surface area contributed by atoms with Crippen LogP contribution in [0.1, 0.15) is 23.4 Å². The molecule has 0 aromatic carbocycles. The molecule has 1 atom stereocenters. The highest BCUT2D eigenvalue weighted by atomic mass is 35.5. The van der Waals surface area contributed by atoms with Crippen molar-refractivity contribution in [2.75, 3.05) is 19.7 Å². The molecule has 0 saturated carbocycles. The Morgan fingerprint density at radius 2 is 2.50 bits per heavy atom. The second-order valence-corrected chi connectivity index (χ2v) is 3.68. The van der Waals surface area contributed by atoms with Gasteiger partial charge in [-0.2, -0.15) is 0 Å². The van der Waals surface area contributed by atoms with Crippen LogP contribution in [0, 0.1) is 0 Å². The van der Waals surface area contributed by atoms with Crippen LogP contribution in [0.4, 0.5) is 0 Å². The van der Waals surface area contributed by atoms with E-state index in [-0.39, 0.29) is 30.9 Å². The summed E-state index contributed by atoms with van der Waals surface area (Å²) in [5.41, 5.74) is 0. The Balaban J connectivity index is 0.00000128. The smallest absolute Gasteiger partial charge is 0.223 e. The third-order valence-electron chi connectivity index (χ3n) is 2.50. The van der Waals surface area contributed by atoms with Gasteiger partial charge in [-0.1, -0.05) is 0 Å². The quantitative estimate of drug-likeness (QED) is 0.820. The molecule has 2 rings (SSSR count). The van der Waals surface area contributed by atoms with E-state index in [1.54, 1.807) is 12.1 Å². The molecule has 0 aliphatic carbocycles. The number of hydrogen-bond donors (Lipinski definition) is 1. The van der Waals surface area contributed by atoms with Gasteiger partial charge in [0.15, 0.2) is 5.76 Å². The summed E-state index contributed by atoms with van der Waals surface area (Å²) in [6, 6.07) is 3.36. The van der Waals surface area contributed by atoms with Gasteiger partial charge in [0.25, 0.3) is 0 Å². The lowest BCUT2D eigenvalue weighted by atomic mass is 10.1. The number of furan rings is 1. The lowest BCUT2D eigenvalue weighted by molar-refractivity contribution is 0.0332. The van der Waals surface area contributed by atoms with Crippen LogP contribution in [-0.4, -0.2) is 31.6 Å². The van der Waals surface area contributed by atoms with Gasteiger partial charge in [-0.05, 0) is 31.5 Å². The summed E-state index contributed by atoms with van der Waals surface area (Å²) in [5.74, 6) is 0.282. The average Bonchev–Trinajstić information content (AvgIpc) is 2.81. The second kappa shape index (κ2) is 6.68. The van der Waals surface area contributed by atoms with Crippen LogP contribution >= 0.6 is 12.4 Å². The molecule has 0 unspecified atom stereocenters. The zero-order valence-electron chi connectivity index (χ0n) is 8.98. The summed E-state index contributed by atoms with van der Waals surface area (Å²) >= 11 is 0. The van der Waals surface area contributed by atoms with Gasteiger partial charge in [-0.25, -0.2) is 0 Å². The Morgan fingerprint density at radius 1 is 1.62 bits per heavy atom. The van der Waals surface area contributed by atoms with Gasteiger partial charge in [-0.15, -0.1) is 12.4 Å². The van der Waals surface area contributed by atoms with E-state index >= 15 is 0 Å². The fraction of sp³-hybridized carbons (Fsp3) is 0.545. The average molecular weight is 246 g/mol. The molecule has 1 aromatic rings. The number of nitrogens with one attached hydrogen (secondary N) is 1. The first-order chi connectivity index (χ1) is 7.36. The number of hydrogen-bond acceptors (Lipinski definition) is 4. The van der Waals surface area contributed by atoms with Crippen molar-refractivity contribution in [1.29, 1.82) is 0 Å². The Morgan fingerprint density at radius 3 is 3.12 bits per heavy atom. The van der Waals surface area contributed by atoms with Crippen LogP contribution in [0.3, 0.4) is 0 Å². The first-order valence-corrected chi connectivity index (χ1v) is 5.25. The Bertz CT molecular complexity index is 307. The van der Waals surface area contributed by atoms with Gasteiger partial charge < -0.3 is 14.5 Å². The van der Waals surface area contributed by atoms with Crippen molar-refractivity contribution in [3.8, 4) is 0 Å². The van der Waals surface area contributed by atoms with Gasteiger partial charge >= 0.3 is 0 Å². The number of carbonyl (C=O) groups excluding carboxylic acids is 1. The third kappa shape index (κ3) is 3.63. The summed E-state index contributed by atoms with van der Waals surface area (Å²) in [4.78, 5) is 11.5. The van der Waals surface area contributed by atoms with E-state index in [0.29, 0.717) is 5.76 Å². The minimum absolute atomic E-state index is 0. The molecule has 0 spiro atoms. The molecular formula is C11H16ClNO3. The predicted molar refractivity (Wildman–Crippen MR) is 62.1 cm³/mol. The van der Waals surface area contributed by atoms with E-state index in [1.165, 1.54) is 6.26 Å². The highest BCUT2D eigenvalue weighted by molar-refractivity contribution is 5.94. The summed E-state index contributed by atoms with van der Waals surface area (Å²) in [7, 11) is 0. The van der Waals surface area contributed by atoms with Crippen molar-refractivity contribution in [2.24, 2.45) is 0 Å². The number of Topliss-reactive ketones (excluding diaryl/α,β-unsaturated/α-hetero) is 1. The zero-order valence-corrected chi connectivity index (χ0v) is 9.79. The zero-order chi connectivity index (χ0) is 10.5. The Hall–Kier alpha value is -0.840. The van der Waals surface area contributed by atoms with Gasteiger partial charge in [0.2, 0.25) is 5.78 Å². The van der Waals surface area contributed by atoms with Gasteiger partial charge in [0, 0.05) is 6.54 Å². The van der Waals surface area contributed by atoms with Crippen LogP contribution in [-0.2, 0) is 4.74 Å². The highest BCUT2D eigenvalue weighted by Gasteiger charge is 2.16. The number of carbonyl (C=O) groups is 1. The molecule has 2 heterocycles. The number of halogens is 1. The third-order valence-corrected chi connectivity index (χ3v) is 2.50. The molecule has 16 heavy (non-hydrogen) atoms. The molecule has 1 aromatic heterocycles. The molecule has 0 radical (unpaired) electrons. The van der Waals surface area contributed by atoms with Gasteiger partial charge in [0.1, 0.15) is 6.61 Å². The molecule has 5 heteroatoms. The van der Waals surface area contributed by atoms with Crippen molar-refractivity contribution < 1.29 is 13.9 Å². The maximum Gasteiger partial charge on any atom is 0.223 e. The molecule has 1 aliphatic rings. The summed E-state index contributed by atoms with van der Waals surface area (Å²) in [5, 5.41) is 3.23. The van der Waals surface area contributed by atoms with E-state index in [9.17, 15) is 4.79 Å². The Labute approximate surface area is 101 Å². The van der Waals surface area contributed by atoms with Crippen molar-refractivity contribution in [2.45, 2.75) is 18.9 Å².